The topological polar surface area (TPSA) is 30.2 Å². The highest BCUT2D eigenvalue weighted by molar-refractivity contribution is 9.10. The van der Waals surface area contributed by atoms with Gasteiger partial charge >= 0.3 is 0 Å². The zero-order valence-electron chi connectivity index (χ0n) is 11.4. The van der Waals surface area contributed by atoms with E-state index < -0.39 is 0 Å². The van der Waals surface area contributed by atoms with E-state index in [1.54, 1.807) is 10.7 Å². The first kappa shape index (κ1) is 14.8. The van der Waals surface area contributed by atoms with Crippen LogP contribution in [0.5, 0.6) is 0 Å². The first-order chi connectivity index (χ1) is 9.25. The highest BCUT2D eigenvalue weighted by Crippen LogP contribution is 2.33. The van der Waals surface area contributed by atoms with Crippen molar-refractivity contribution in [3.05, 3.63) is 27.6 Å². The van der Waals surface area contributed by atoms with Crippen LogP contribution in [-0.2, 0) is 0 Å². The van der Waals surface area contributed by atoms with Crippen molar-refractivity contribution in [1.29, 1.82) is 0 Å². The Balaban J connectivity index is 0.000000637. The molecule has 3 nitrogen and oxygen atoms in total. The van der Waals surface area contributed by atoms with Crippen molar-refractivity contribution in [1.82, 2.24) is 14.6 Å². The van der Waals surface area contributed by atoms with Crippen molar-refractivity contribution >= 4 is 33.2 Å². The molecular weight excluding hydrogens is 326 g/mol. The van der Waals surface area contributed by atoms with E-state index in [0.717, 1.165) is 15.8 Å². The molecule has 0 saturated heterocycles. The lowest BCUT2D eigenvalue weighted by Crippen LogP contribution is -2.08. The van der Waals surface area contributed by atoms with Crippen LogP contribution >= 0.6 is 27.5 Å². The van der Waals surface area contributed by atoms with Crippen LogP contribution in [0.2, 0.25) is 5.15 Å². The van der Waals surface area contributed by atoms with Crippen LogP contribution in [0.25, 0.3) is 5.65 Å². The lowest BCUT2D eigenvalue weighted by molar-refractivity contribution is 0.436. The summed E-state index contributed by atoms with van der Waals surface area (Å²) in [6, 6.07) is 1.96. The number of fused-ring (bicyclic) bond motifs is 1. The molecular formula is C14H19BrClN3. The van der Waals surface area contributed by atoms with Crippen LogP contribution < -0.4 is 0 Å². The van der Waals surface area contributed by atoms with Crippen molar-refractivity contribution in [3.8, 4) is 0 Å². The fourth-order valence-electron chi connectivity index (χ4n) is 2.52. The molecule has 2 aromatic heterocycles. The van der Waals surface area contributed by atoms with Gasteiger partial charge in [0.15, 0.2) is 5.65 Å². The third kappa shape index (κ3) is 3.11. The summed E-state index contributed by atoms with van der Waals surface area (Å²) in [4.78, 5) is 4.69. The molecule has 0 radical (unpaired) electrons. The number of halogens is 2. The highest BCUT2D eigenvalue weighted by Gasteiger charge is 2.19. The largest absolute Gasteiger partial charge is 0.232 e. The molecule has 0 bridgehead atoms. The Hall–Kier alpha value is -0.610. The molecule has 2 heterocycles. The van der Waals surface area contributed by atoms with Crippen LogP contribution in [0.15, 0.2) is 16.7 Å². The summed E-state index contributed by atoms with van der Waals surface area (Å²) >= 11 is 9.69. The van der Waals surface area contributed by atoms with E-state index in [1.807, 2.05) is 19.9 Å². The van der Waals surface area contributed by atoms with E-state index in [2.05, 4.69) is 26.0 Å². The van der Waals surface area contributed by atoms with Crippen LogP contribution in [0, 0.1) is 0 Å². The van der Waals surface area contributed by atoms with Crippen molar-refractivity contribution in [2.24, 2.45) is 0 Å². The van der Waals surface area contributed by atoms with E-state index in [-0.39, 0.29) is 0 Å². The van der Waals surface area contributed by atoms with Gasteiger partial charge in [-0.15, -0.1) is 0 Å². The molecule has 0 unspecified atom stereocenters. The van der Waals surface area contributed by atoms with Gasteiger partial charge in [0.2, 0.25) is 0 Å². The van der Waals surface area contributed by atoms with Gasteiger partial charge in [-0.3, -0.25) is 0 Å². The van der Waals surface area contributed by atoms with Crippen LogP contribution in [0.3, 0.4) is 0 Å². The molecule has 3 rings (SSSR count). The molecule has 2 aromatic rings. The molecule has 1 aliphatic carbocycles. The second-order valence-electron chi connectivity index (χ2n) is 4.57. The molecule has 19 heavy (non-hydrogen) atoms. The number of aromatic nitrogens is 3. The van der Waals surface area contributed by atoms with Crippen LogP contribution in [0.4, 0.5) is 0 Å². The summed E-state index contributed by atoms with van der Waals surface area (Å²) in [7, 11) is 0. The van der Waals surface area contributed by atoms with Crippen molar-refractivity contribution in [3.63, 3.8) is 0 Å². The van der Waals surface area contributed by atoms with E-state index in [9.17, 15) is 0 Å². The smallest absolute Gasteiger partial charge is 0.171 e. The molecule has 5 heteroatoms. The van der Waals surface area contributed by atoms with Gasteiger partial charge in [0.1, 0.15) is 5.15 Å². The normalized spacial score (nSPS) is 16.2. The Kier molecular flexibility index (Phi) is 5.22. The summed E-state index contributed by atoms with van der Waals surface area (Å²) in [5, 5.41) is 4.82. The Labute approximate surface area is 127 Å². The highest BCUT2D eigenvalue weighted by atomic mass is 79.9. The predicted molar refractivity (Wildman–Crippen MR) is 82.9 cm³/mol. The van der Waals surface area contributed by atoms with E-state index >= 15 is 0 Å². The zero-order valence-corrected chi connectivity index (χ0v) is 13.7. The Morgan fingerprint density at radius 3 is 2.63 bits per heavy atom. The fraction of sp³-hybridized carbons (Fsp3) is 0.571. The van der Waals surface area contributed by atoms with Gasteiger partial charge in [-0.1, -0.05) is 44.7 Å². The summed E-state index contributed by atoms with van der Waals surface area (Å²) < 4.78 is 2.56. The van der Waals surface area contributed by atoms with Crippen LogP contribution in [0.1, 0.15) is 57.6 Å². The van der Waals surface area contributed by atoms with Crippen molar-refractivity contribution in [2.75, 3.05) is 0 Å². The minimum absolute atomic E-state index is 0.563. The maximum atomic E-state index is 6.23. The SMILES string of the molecule is CC.Clc1cc(C2CCCCC2)nc2c(Br)cnn12. The minimum atomic E-state index is 0.563. The van der Waals surface area contributed by atoms with E-state index in [0.29, 0.717) is 11.1 Å². The third-order valence-corrected chi connectivity index (χ3v) is 4.26. The predicted octanol–water partition coefficient (Wildman–Crippen LogP) is 5.22. The number of rotatable bonds is 1. The summed E-state index contributed by atoms with van der Waals surface area (Å²) in [6.07, 6.45) is 8.14. The Morgan fingerprint density at radius 1 is 1.26 bits per heavy atom. The molecule has 1 fully saturated rings. The van der Waals surface area contributed by atoms with E-state index in [1.165, 1.54) is 32.1 Å². The fourth-order valence-corrected chi connectivity index (χ4v) is 3.11. The van der Waals surface area contributed by atoms with Gasteiger partial charge in [-0.2, -0.15) is 5.10 Å². The first-order valence-corrected chi connectivity index (χ1v) is 8.12. The molecule has 0 aromatic carbocycles. The number of hydrogen-bond donors (Lipinski definition) is 0. The van der Waals surface area contributed by atoms with E-state index in [4.69, 9.17) is 11.6 Å². The minimum Gasteiger partial charge on any atom is -0.232 e. The van der Waals surface area contributed by atoms with Gasteiger partial charge in [-0.25, -0.2) is 9.50 Å². The van der Waals surface area contributed by atoms with Crippen LogP contribution in [-0.4, -0.2) is 14.6 Å². The Morgan fingerprint density at radius 2 is 1.95 bits per heavy atom. The monoisotopic (exact) mass is 343 g/mol. The molecule has 104 valence electrons. The van der Waals surface area contributed by atoms with Gasteiger partial charge in [-0.05, 0) is 34.8 Å². The second kappa shape index (κ2) is 6.71. The molecule has 0 aliphatic heterocycles. The van der Waals surface area contributed by atoms with Gasteiger partial charge in [0, 0.05) is 11.6 Å². The Bertz CT molecular complexity index is 547. The lowest BCUT2D eigenvalue weighted by atomic mass is 9.87. The molecule has 1 saturated carbocycles. The lowest BCUT2D eigenvalue weighted by Gasteiger charge is -2.21. The number of hydrogen-bond acceptors (Lipinski definition) is 2. The average molecular weight is 345 g/mol. The number of nitrogens with zero attached hydrogens (tertiary/aromatic N) is 3. The standard InChI is InChI=1S/C12H13BrClN3.C2H6/c13-9-7-15-17-11(14)6-10(16-12(9)17)8-4-2-1-3-5-8;1-2/h6-8H,1-5H2;1-2H3. The quantitative estimate of drug-likeness (QED) is 0.664. The first-order valence-electron chi connectivity index (χ1n) is 6.95. The maximum Gasteiger partial charge on any atom is 0.171 e. The van der Waals surface area contributed by atoms with Crippen molar-refractivity contribution < 1.29 is 0 Å². The average Bonchev–Trinajstić information content (AvgIpc) is 2.84. The third-order valence-electron chi connectivity index (χ3n) is 3.43. The molecule has 1 aliphatic rings. The molecule has 0 spiro atoms. The van der Waals surface area contributed by atoms with Gasteiger partial charge in [0.25, 0.3) is 0 Å². The summed E-state index contributed by atoms with van der Waals surface area (Å²) in [5.74, 6) is 0.563. The molecule has 0 amide bonds. The maximum absolute atomic E-state index is 6.23. The second-order valence-corrected chi connectivity index (χ2v) is 5.81. The molecule has 0 N–H and O–H groups in total. The summed E-state index contributed by atoms with van der Waals surface area (Å²) in [6.45, 7) is 4.00. The molecule has 0 atom stereocenters. The van der Waals surface area contributed by atoms with Gasteiger partial charge in [0.05, 0.1) is 10.7 Å². The zero-order chi connectivity index (χ0) is 13.8. The van der Waals surface area contributed by atoms with Gasteiger partial charge < -0.3 is 0 Å². The summed E-state index contributed by atoms with van der Waals surface area (Å²) in [5.41, 5.74) is 1.93. The van der Waals surface area contributed by atoms with Crippen molar-refractivity contribution in [2.45, 2.75) is 51.9 Å².